The zero-order valence-corrected chi connectivity index (χ0v) is 9.72. The summed E-state index contributed by atoms with van der Waals surface area (Å²) < 4.78 is 0. The summed E-state index contributed by atoms with van der Waals surface area (Å²) >= 11 is 0. The van der Waals surface area contributed by atoms with Crippen molar-refractivity contribution in [1.29, 1.82) is 0 Å². The lowest BCUT2D eigenvalue weighted by molar-refractivity contribution is -0.116. The number of carbonyl (C=O) groups excluding carboxylic acids is 1. The van der Waals surface area contributed by atoms with E-state index in [0.717, 1.165) is 19.4 Å². The number of carbonyl (C=O) groups is 2. The summed E-state index contributed by atoms with van der Waals surface area (Å²) in [6.45, 7) is 0.867. The normalized spacial score (nSPS) is 21.9. The molecule has 3 rings (SSSR count). The van der Waals surface area contributed by atoms with Crippen LogP contribution in [0, 0.1) is 0 Å². The molecule has 18 heavy (non-hydrogen) atoms. The van der Waals surface area contributed by atoms with E-state index in [4.69, 9.17) is 5.11 Å². The summed E-state index contributed by atoms with van der Waals surface area (Å²) in [7, 11) is 0. The molecule has 2 aliphatic rings. The number of hydrogen-bond acceptors (Lipinski definition) is 4. The number of rotatable bonds is 1. The molecule has 2 N–H and O–H groups in total. The Labute approximate surface area is 104 Å². The van der Waals surface area contributed by atoms with Gasteiger partial charge in [0.2, 0.25) is 5.91 Å². The summed E-state index contributed by atoms with van der Waals surface area (Å²) in [5, 5.41) is 11.7. The number of hydrogen-bond donors (Lipinski definition) is 2. The van der Waals surface area contributed by atoms with Crippen LogP contribution in [0.15, 0.2) is 12.3 Å². The number of carboxylic acid groups (broad SMARTS) is 1. The highest BCUT2D eigenvalue weighted by atomic mass is 16.4. The maximum absolute atomic E-state index is 11.8. The summed E-state index contributed by atoms with van der Waals surface area (Å²) in [6, 6.07) is 1.66. The number of nitrogens with zero attached hydrogens (tertiary/aromatic N) is 2. The molecule has 1 fully saturated rings. The van der Waals surface area contributed by atoms with Crippen LogP contribution in [0.3, 0.4) is 0 Å². The van der Waals surface area contributed by atoms with Crippen molar-refractivity contribution in [3.8, 4) is 0 Å². The van der Waals surface area contributed by atoms with E-state index in [9.17, 15) is 9.59 Å². The van der Waals surface area contributed by atoms with Crippen LogP contribution in [-0.4, -0.2) is 34.6 Å². The fraction of sp³-hybridized carbons (Fsp3) is 0.417. The Morgan fingerprint density at radius 1 is 1.56 bits per heavy atom. The average molecular weight is 247 g/mol. The van der Waals surface area contributed by atoms with E-state index in [1.54, 1.807) is 0 Å². The van der Waals surface area contributed by atoms with Crippen molar-refractivity contribution in [3.05, 3.63) is 17.8 Å². The van der Waals surface area contributed by atoms with Gasteiger partial charge in [0.05, 0.1) is 11.3 Å². The first-order valence-corrected chi connectivity index (χ1v) is 5.95. The van der Waals surface area contributed by atoms with Gasteiger partial charge in [0.15, 0.2) is 5.82 Å². The standard InChI is InChI=1S/C12H13N3O3/c16-10-5-8-2-1-3-15(8)11-9(14-10)4-7(6-13-11)12(17)18/h4,6,8H,1-3,5H2,(H,14,16)(H,17,18). The number of anilines is 2. The molecule has 1 aromatic rings. The van der Waals surface area contributed by atoms with Crippen LogP contribution >= 0.6 is 0 Å². The van der Waals surface area contributed by atoms with E-state index >= 15 is 0 Å². The first-order chi connectivity index (χ1) is 8.65. The van der Waals surface area contributed by atoms with Gasteiger partial charge < -0.3 is 15.3 Å². The Kier molecular flexibility index (Phi) is 2.43. The summed E-state index contributed by atoms with van der Waals surface area (Å²) in [6.07, 6.45) is 3.81. The Morgan fingerprint density at radius 3 is 3.17 bits per heavy atom. The van der Waals surface area contributed by atoms with Crippen molar-refractivity contribution in [2.24, 2.45) is 0 Å². The molecule has 0 saturated carbocycles. The second-order valence-corrected chi connectivity index (χ2v) is 4.64. The summed E-state index contributed by atoms with van der Waals surface area (Å²) in [4.78, 5) is 29.0. The molecule has 0 radical (unpaired) electrons. The van der Waals surface area contributed by atoms with Gasteiger partial charge in [0, 0.05) is 25.2 Å². The number of nitrogens with one attached hydrogen (secondary N) is 1. The Bertz CT molecular complexity index is 529. The van der Waals surface area contributed by atoms with E-state index < -0.39 is 5.97 Å². The fourth-order valence-electron chi connectivity index (χ4n) is 2.64. The molecule has 0 spiro atoms. The van der Waals surface area contributed by atoms with E-state index in [2.05, 4.69) is 15.2 Å². The largest absolute Gasteiger partial charge is 0.478 e. The predicted octanol–water partition coefficient (Wildman–Crippen LogP) is 1.09. The highest BCUT2D eigenvalue weighted by Crippen LogP contribution is 2.34. The number of aromatic nitrogens is 1. The number of aromatic carboxylic acids is 1. The maximum Gasteiger partial charge on any atom is 0.337 e. The van der Waals surface area contributed by atoms with Gasteiger partial charge in [0.25, 0.3) is 0 Å². The van der Waals surface area contributed by atoms with E-state index in [1.165, 1.54) is 12.3 Å². The van der Waals surface area contributed by atoms with Crippen LogP contribution in [0.1, 0.15) is 29.6 Å². The topological polar surface area (TPSA) is 82.5 Å². The van der Waals surface area contributed by atoms with Crippen molar-refractivity contribution in [3.63, 3.8) is 0 Å². The van der Waals surface area contributed by atoms with Gasteiger partial charge in [0.1, 0.15) is 0 Å². The highest BCUT2D eigenvalue weighted by Gasteiger charge is 2.32. The van der Waals surface area contributed by atoms with Gasteiger partial charge in [-0.15, -0.1) is 0 Å². The van der Waals surface area contributed by atoms with Gasteiger partial charge in [-0.2, -0.15) is 0 Å². The molecule has 0 aliphatic carbocycles. The third-order valence-corrected chi connectivity index (χ3v) is 3.46. The van der Waals surface area contributed by atoms with Crippen LogP contribution in [-0.2, 0) is 4.79 Å². The predicted molar refractivity (Wildman–Crippen MR) is 64.8 cm³/mol. The first kappa shape index (κ1) is 11.0. The Hall–Kier alpha value is -2.11. The minimum Gasteiger partial charge on any atom is -0.478 e. The van der Waals surface area contributed by atoms with Gasteiger partial charge in [-0.25, -0.2) is 9.78 Å². The van der Waals surface area contributed by atoms with E-state index in [-0.39, 0.29) is 17.5 Å². The van der Waals surface area contributed by atoms with Crippen LogP contribution in [0.2, 0.25) is 0 Å². The fourth-order valence-corrected chi connectivity index (χ4v) is 2.64. The smallest absolute Gasteiger partial charge is 0.337 e. The lowest BCUT2D eigenvalue weighted by Gasteiger charge is -2.23. The third-order valence-electron chi connectivity index (χ3n) is 3.46. The Balaban J connectivity index is 2.07. The van der Waals surface area contributed by atoms with Gasteiger partial charge in [-0.1, -0.05) is 0 Å². The maximum atomic E-state index is 11.8. The molecular weight excluding hydrogens is 234 g/mol. The molecule has 6 nitrogen and oxygen atoms in total. The number of pyridine rings is 1. The molecule has 1 atom stereocenters. The molecule has 2 aliphatic heterocycles. The zero-order valence-electron chi connectivity index (χ0n) is 9.72. The van der Waals surface area contributed by atoms with Crippen LogP contribution in [0.4, 0.5) is 11.5 Å². The molecule has 6 heteroatoms. The summed E-state index contributed by atoms with van der Waals surface area (Å²) in [5.41, 5.74) is 0.594. The molecule has 1 aromatic heterocycles. The molecule has 1 amide bonds. The van der Waals surface area contributed by atoms with Crippen molar-refractivity contribution < 1.29 is 14.7 Å². The third kappa shape index (κ3) is 1.70. The molecular formula is C12H13N3O3. The van der Waals surface area contributed by atoms with E-state index in [0.29, 0.717) is 17.9 Å². The van der Waals surface area contributed by atoms with Gasteiger partial charge in [-0.3, -0.25) is 4.79 Å². The first-order valence-electron chi connectivity index (χ1n) is 5.95. The number of fused-ring (bicyclic) bond motifs is 3. The minimum absolute atomic E-state index is 0.0741. The highest BCUT2D eigenvalue weighted by molar-refractivity contribution is 5.98. The lowest BCUT2D eigenvalue weighted by atomic mass is 10.1. The molecule has 3 heterocycles. The minimum atomic E-state index is -1.04. The van der Waals surface area contributed by atoms with Crippen LogP contribution in [0.25, 0.3) is 0 Å². The Morgan fingerprint density at radius 2 is 2.39 bits per heavy atom. The van der Waals surface area contributed by atoms with Crippen LogP contribution < -0.4 is 10.2 Å². The van der Waals surface area contributed by atoms with Crippen LogP contribution in [0.5, 0.6) is 0 Å². The lowest BCUT2D eigenvalue weighted by Crippen LogP contribution is -2.30. The summed E-state index contributed by atoms with van der Waals surface area (Å²) in [5.74, 6) is -0.426. The molecule has 0 bridgehead atoms. The van der Waals surface area contributed by atoms with Crippen molar-refractivity contribution in [1.82, 2.24) is 4.98 Å². The second kappa shape index (κ2) is 3.97. The monoisotopic (exact) mass is 247 g/mol. The van der Waals surface area contributed by atoms with E-state index in [1.807, 2.05) is 0 Å². The average Bonchev–Trinajstić information content (AvgIpc) is 2.71. The zero-order chi connectivity index (χ0) is 12.7. The number of carboxylic acids is 1. The van der Waals surface area contributed by atoms with Crippen molar-refractivity contribution in [2.45, 2.75) is 25.3 Å². The van der Waals surface area contributed by atoms with Gasteiger partial charge >= 0.3 is 5.97 Å². The molecule has 94 valence electrons. The SMILES string of the molecule is O=C1CC2CCCN2c2ncc(C(=O)O)cc2N1. The van der Waals surface area contributed by atoms with Crippen molar-refractivity contribution in [2.75, 3.05) is 16.8 Å². The quantitative estimate of drug-likeness (QED) is 0.776. The molecule has 1 saturated heterocycles. The molecule has 1 unspecified atom stereocenters. The molecule has 0 aromatic carbocycles. The van der Waals surface area contributed by atoms with Gasteiger partial charge in [-0.05, 0) is 18.9 Å². The second-order valence-electron chi connectivity index (χ2n) is 4.64. The van der Waals surface area contributed by atoms with Crippen molar-refractivity contribution >= 4 is 23.4 Å². The number of amides is 1.